The van der Waals surface area contributed by atoms with Gasteiger partial charge < -0.3 is 0 Å². The number of nitrogens with zero attached hydrogens (tertiary/aromatic N) is 1. The number of para-hydroxylation sites is 1. The molecule has 25 heavy (non-hydrogen) atoms. The number of hydrogen-bond acceptors (Lipinski definition) is 3. The van der Waals surface area contributed by atoms with Crippen molar-refractivity contribution in [1.29, 1.82) is 0 Å². The first-order valence-electron chi connectivity index (χ1n) is 8.07. The molecule has 0 amide bonds. The highest BCUT2D eigenvalue weighted by Gasteiger charge is 2.03. The van der Waals surface area contributed by atoms with E-state index in [1.165, 1.54) is 14.7 Å². The van der Waals surface area contributed by atoms with Crippen molar-refractivity contribution in [2.75, 3.05) is 0 Å². The van der Waals surface area contributed by atoms with E-state index >= 15 is 0 Å². The van der Waals surface area contributed by atoms with E-state index in [9.17, 15) is 0 Å². The Morgan fingerprint density at radius 2 is 1.16 bits per heavy atom. The molecule has 3 aromatic carbocycles. The average molecular weight is 362 g/mol. The van der Waals surface area contributed by atoms with E-state index in [0.717, 1.165) is 10.7 Å². The molecule has 0 aliphatic carbocycles. The summed E-state index contributed by atoms with van der Waals surface area (Å²) in [5.41, 5.74) is 0.967. The molecule has 3 aromatic rings. The normalized spacial score (nSPS) is 12.2. The molecule has 3 rings (SSSR count). The molecule has 0 aliphatic rings. The van der Waals surface area contributed by atoms with Gasteiger partial charge in [-0.3, -0.25) is 0 Å². The van der Waals surface area contributed by atoms with Gasteiger partial charge in [0.2, 0.25) is 0 Å². The first-order chi connectivity index (χ1) is 12.3. The minimum absolute atomic E-state index is 0.967. The van der Waals surface area contributed by atoms with Gasteiger partial charge >= 0.3 is 0 Å². The molecule has 0 atom stereocenters. The Morgan fingerprint density at radius 3 is 1.72 bits per heavy atom. The SMILES string of the molecule is CC(=C/C(=N\c1ccccc1)Sc1ccccc1)Sc1ccccc1. The second-order valence-electron chi connectivity index (χ2n) is 5.37. The molecule has 0 bridgehead atoms. The Morgan fingerprint density at radius 1 is 0.680 bits per heavy atom. The summed E-state index contributed by atoms with van der Waals surface area (Å²) in [6.45, 7) is 2.13. The van der Waals surface area contributed by atoms with Crippen molar-refractivity contribution < 1.29 is 0 Å². The topological polar surface area (TPSA) is 12.4 Å². The van der Waals surface area contributed by atoms with Gasteiger partial charge in [-0.25, -0.2) is 4.99 Å². The molecule has 0 aromatic heterocycles. The quantitative estimate of drug-likeness (QED) is 0.270. The predicted octanol–water partition coefficient (Wildman–Crippen LogP) is 7.21. The van der Waals surface area contributed by atoms with Gasteiger partial charge in [0.25, 0.3) is 0 Å². The number of aliphatic imine (C=N–C) groups is 1. The van der Waals surface area contributed by atoms with E-state index < -0.39 is 0 Å². The highest BCUT2D eigenvalue weighted by Crippen LogP contribution is 2.29. The Kier molecular flexibility index (Phi) is 6.55. The molecule has 0 saturated heterocycles. The molecular weight excluding hydrogens is 342 g/mol. The largest absolute Gasteiger partial charge is 0.242 e. The van der Waals surface area contributed by atoms with Crippen LogP contribution in [0.3, 0.4) is 0 Å². The number of benzene rings is 3. The van der Waals surface area contributed by atoms with Crippen molar-refractivity contribution in [3.8, 4) is 0 Å². The van der Waals surface area contributed by atoms with Crippen LogP contribution in [0.25, 0.3) is 0 Å². The Balaban J connectivity index is 1.85. The molecule has 0 N–H and O–H groups in total. The van der Waals surface area contributed by atoms with Crippen LogP contribution in [-0.2, 0) is 0 Å². The summed E-state index contributed by atoms with van der Waals surface area (Å²) in [6.07, 6.45) is 2.16. The summed E-state index contributed by atoms with van der Waals surface area (Å²) in [4.78, 5) is 8.46. The lowest BCUT2D eigenvalue weighted by Gasteiger charge is -2.05. The van der Waals surface area contributed by atoms with Gasteiger partial charge in [0.05, 0.1) is 5.69 Å². The van der Waals surface area contributed by atoms with Gasteiger partial charge in [0.15, 0.2) is 0 Å². The minimum atomic E-state index is 0.967. The molecule has 0 radical (unpaired) electrons. The maximum absolute atomic E-state index is 4.83. The van der Waals surface area contributed by atoms with Crippen LogP contribution in [0.15, 0.2) is 117 Å². The Labute approximate surface area is 157 Å². The minimum Gasteiger partial charge on any atom is -0.242 e. The third kappa shape index (κ3) is 5.96. The van der Waals surface area contributed by atoms with Crippen LogP contribution in [-0.4, -0.2) is 5.04 Å². The molecule has 1 nitrogen and oxygen atoms in total. The molecule has 0 heterocycles. The third-order valence-corrected chi connectivity index (χ3v) is 5.18. The monoisotopic (exact) mass is 361 g/mol. The fourth-order valence-corrected chi connectivity index (χ4v) is 4.03. The van der Waals surface area contributed by atoms with Crippen molar-refractivity contribution in [3.63, 3.8) is 0 Å². The Bertz CT molecular complexity index is 841. The van der Waals surface area contributed by atoms with E-state index in [1.807, 2.05) is 42.5 Å². The summed E-state index contributed by atoms with van der Waals surface area (Å²) in [5.74, 6) is 0. The molecular formula is C22H19NS2. The molecule has 3 heteroatoms. The zero-order valence-electron chi connectivity index (χ0n) is 14.0. The second-order valence-corrected chi connectivity index (χ2v) is 7.78. The summed E-state index contributed by atoms with van der Waals surface area (Å²) in [7, 11) is 0. The van der Waals surface area contributed by atoms with E-state index in [2.05, 4.69) is 61.5 Å². The van der Waals surface area contributed by atoms with Crippen LogP contribution in [0.5, 0.6) is 0 Å². The summed E-state index contributed by atoms with van der Waals surface area (Å²) in [6, 6.07) is 30.9. The highest BCUT2D eigenvalue weighted by atomic mass is 32.2. The fourth-order valence-electron chi connectivity index (χ4n) is 2.20. The van der Waals surface area contributed by atoms with E-state index in [1.54, 1.807) is 23.5 Å². The average Bonchev–Trinajstić information content (AvgIpc) is 2.64. The van der Waals surface area contributed by atoms with Gasteiger partial charge in [0, 0.05) is 9.79 Å². The van der Waals surface area contributed by atoms with Crippen molar-refractivity contribution in [2.24, 2.45) is 4.99 Å². The first-order valence-corrected chi connectivity index (χ1v) is 9.71. The third-order valence-electron chi connectivity index (χ3n) is 3.31. The van der Waals surface area contributed by atoms with E-state index in [0.29, 0.717) is 0 Å². The first kappa shape index (κ1) is 17.6. The van der Waals surface area contributed by atoms with Gasteiger partial charge in [-0.1, -0.05) is 78.1 Å². The zero-order chi connectivity index (χ0) is 17.3. The molecule has 0 spiro atoms. The fraction of sp³-hybridized carbons (Fsp3) is 0.0455. The summed E-state index contributed by atoms with van der Waals surface area (Å²) >= 11 is 3.44. The molecule has 0 aliphatic heterocycles. The van der Waals surface area contributed by atoms with Gasteiger partial charge in [-0.2, -0.15) is 0 Å². The molecule has 0 saturated carbocycles. The van der Waals surface area contributed by atoms with Gasteiger partial charge in [-0.15, -0.1) is 0 Å². The van der Waals surface area contributed by atoms with Crippen LogP contribution in [0.2, 0.25) is 0 Å². The Hall–Kier alpha value is -2.23. The van der Waals surface area contributed by atoms with Crippen molar-refractivity contribution in [2.45, 2.75) is 16.7 Å². The highest BCUT2D eigenvalue weighted by molar-refractivity contribution is 8.14. The maximum Gasteiger partial charge on any atom is 0.102 e. The lowest BCUT2D eigenvalue weighted by atomic mass is 10.3. The van der Waals surface area contributed by atoms with Crippen molar-refractivity contribution >= 4 is 34.3 Å². The van der Waals surface area contributed by atoms with Crippen LogP contribution in [0.1, 0.15) is 6.92 Å². The van der Waals surface area contributed by atoms with Gasteiger partial charge in [-0.05, 0) is 54.3 Å². The maximum atomic E-state index is 4.83. The molecule has 124 valence electrons. The number of rotatable bonds is 5. The van der Waals surface area contributed by atoms with Crippen LogP contribution in [0.4, 0.5) is 5.69 Å². The zero-order valence-corrected chi connectivity index (χ0v) is 15.6. The standard InChI is InChI=1S/C22H19NS2/c1-18(24-20-13-7-3-8-14-20)17-22(23-19-11-5-2-6-12-19)25-21-15-9-4-10-16-21/h2-17H,1H3/b18-17?,23-22+. The molecule has 0 unspecified atom stereocenters. The van der Waals surface area contributed by atoms with Crippen LogP contribution < -0.4 is 0 Å². The van der Waals surface area contributed by atoms with Crippen molar-refractivity contribution in [3.05, 3.63) is 102 Å². The predicted molar refractivity (Wildman–Crippen MR) is 112 cm³/mol. The smallest absolute Gasteiger partial charge is 0.102 e. The summed E-state index contributed by atoms with van der Waals surface area (Å²) in [5, 5.41) is 0.985. The van der Waals surface area contributed by atoms with Crippen molar-refractivity contribution in [1.82, 2.24) is 0 Å². The number of hydrogen-bond donors (Lipinski definition) is 0. The summed E-state index contributed by atoms with van der Waals surface area (Å²) < 4.78 is 0. The van der Waals surface area contributed by atoms with Crippen LogP contribution >= 0.6 is 23.5 Å². The van der Waals surface area contributed by atoms with E-state index in [4.69, 9.17) is 4.99 Å². The van der Waals surface area contributed by atoms with Crippen LogP contribution in [0, 0.1) is 0 Å². The second kappa shape index (κ2) is 9.30. The molecule has 0 fully saturated rings. The lowest BCUT2D eigenvalue weighted by molar-refractivity contribution is 1.46. The van der Waals surface area contributed by atoms with Gasteiger partial charge in [0.1, 0.15) is 5.04 Å². The lowest BCUT2D eigenvalue weighted by Crippen LogP contribution is -1.88. The van der Waals surface area contributed by atoms with E-state index in [-0.39, 0.29) is 0 Å². The number of thioether (sulfide) groups is 2. The number of allylic oxidation sites excluding steroid dienone is 1.